The fraction of sp³-hybridized carbons (Fsp3) is 1.00. The van der Waals surface area contributed by atoms with Gasteiger partial charge >= 0.3 is 0 Å². The van der Waals surface area contributed by atoms with E-state index >= 15 is 0 Å². The normalized spacial score (nSPS) is 10.3. The average Bonchev–Trinajstić information content (AvgIpc) is 1.61. The summed E-state index contributed by atoms with van der Waals surface area (Å²) in [5, 5.41) is 0.961. The zero-order valence-electron chi connectivity index (χ0n) is 4.70. The molecule has 0 amide bonds. The van der Waals surface area contributed by atoms with Gasteiger partial charge in [-0.25, -0.2) is 0 Å². The summed E-state index contributed by atoms with van der Waals surface area (Å²) in [5.41, 5.74) is 0. The lowest BCUT2D eigenvalue weighted by Gasteiger charge is -2.00. The molecule has 0 aliphatic heterocycles. The van der Waals surface area contributed by atoms with Gasteiger partial charge in [0.2, 0.25) is 9.04 Å². The molecule has 0 N–H and O–H groups in total. The minimum Gasteiger partial charge on any atom is -0.416 e. The Morgan fingerprint density at radius 2 is 2.14 bits per heavy atom. The van der Waals surface area contributed by atoms with Crippen molar-refractivity contribution in [2.75, 3.05) is 11.9 Å². The lowest BCUT2D eigenvalue weighted by Crippen LogP contribution is -2.08. The zero-order chi connectivity index (χ0) is 5.70. The molecule has 43 valence electrons. The molecule has 0 heterocycles. The third kappa shape index (κ3) is 6.66. The van der Waals surface area contributed by atoms with Gasteiger partial charge in [0.05, 0.1) is 0 Å². The number of halogens is 1. The Bertz CT molecular complexity index is 40.7. The molecule has 0 aromatic heterocycles. The van der Waals surface area contributed by atoms with E-state index in [0.29, 0.717) is 0 Å². The first-order valence-corrected chi connectivity index (χ1v) is 5.79. The maximum atomic E-state index is 5.25. The molecule has 0 rings (SSSR count). The van der Waals surface area contributed by atoms with Gasteiger partial charge in [-0.2, -0.15) is 0 Å². The van der Waals surface area contributed by atoms with E-state index < -0.39 is 9.04 Å². The van der Waals surface area contributed by atoms with Crippen molar-refractivity contribution in [2.24, 2.45) is 0 Å². The highest BCUT2D eigenvalue weighted by Crippen LogP contribution is 1.85. The molecule has 0 aliphatic rings. The van der Waals surface area contributed by atoms with E-state index in [9.17, 15) is 0 Å². The molecule has 0 aliphatic carbocycles. The first-order chi connectivity index (χ1) is 3.27. The van der Waals surface area contributed by atoms with Crippen LogP contribution in [0.25, 0.3) is 0 Å². The quantitative estimate of drug-likeness (QED) is 0.476. The lowest BCUT2D eigenvalue weighted by atomic mass is 10.9. The highest BCUT2D eigenvalue weighted by atomic mass is 79.9. The summed E-state index contributed by atoms with van der Waals surface area (Å²) >= 11 is 3.27. The summed E-state index contributed by atoms with van der Waals surface area (Å²) < 4.78 is 5.25. The summed E-state index contributed by atoms with van der Waals surface area (Å²) in [4.78, 5) is 0. The van der Waals surface area contributed by atoms with E-state index in [1.807, 2.05) is 0 Å². The molecule has 0 aromatic carbocycles. The number of rotatable bonds is 3. The number of alkyl halides is 1. The smallest absolute Gasteiger partial charge is 0.204 e. The maximum absolute atomic E-state index is 5.25. The Labute approximate surface area is 54.9 Å². The molecular weight excluding hydrogens is 172 g/mol. The second-order valence-corrected chi connectivity index (χ2v) is 4.34. The summed E-state index contributed by atoms with van der Waals surface area (Å²) in [6.07, 6.45) is 0. The summed E-state index contributed by atoms with van der Waals surface area (Å²) in [6.45, 7) is 5.13. The largest absolute Gasteiger partial charge is 0.416 e. The van der Waals surface area contributed by atoms with Crippen molar-refractivity contribution in [1.82, 2.24) is 0 Å². The zero-order valence-corrected chi connectivity index (χ0v) is 7.29. The van der Waals surface area contributed by atoms with E-state index in [2.05, 4.69) is 29.0 Å². The highest BCUT2D eigenvalue weighted by Gasteiger charge is 1.92. The predicted molar refractivity (Wildman–Crippen MR) is 37.2 cm³/mol. The molecule has 0 saturated heterocycles. The standard InChI is InChI=1S/C4H10BrOSi/c1-7(2)6-4-3-5/h3-4H2,1-2H3. The molecule has 0 unspecified atom stereocenters. The highest BCUT2D eigenvalue weighted by molar-refractivity contribution is 9.09. The van der Waals surface area contributed by atoms with Crippen LogP contribution in [-0.4, -0.2) is 21.0 Å². The minimum absolute atomic E-state index is 0.427. The topological polar surface area (TPSA) is 9.23 Å². The van der Waals surface area contributed by atoms with Gasteiger partial charge in [-0.3, -0.25) is 0 Å². The van der Waals surface area contributed by atoms with Gasteiger partial charge in [-0.15, -0.1) is 0 Å². The van der Waals surface area contributed by atoms with Crippen LogP contribution in [0, 0.1) is 0 Å². The molecule has 1 radical (unpaired) electrons. The Morgan fingerprint density at radius 3 is 2.29 bits per heavy atom. The number of hydrogen-bond donors (Lipinski definition) is 0. The van der Waals surface area contributed by atoms with Crippen LogP contribution >= 0.6 is 15.9 Å². The van der Waals surface area contributed by atoms with Crippen molar-refractivity contribution in [2.45, 2.75) is 13.1 Å². The minimum atomic E-state index is -0.427. The average molecular weight is 182 g/mol. The molecule has 7 heavy (non-hydrogen) atoms. The van der Waals surface area contributed by atoms with Gasteiger partial charge in [0.25, 0.3) is 0 Å². The van der Waals surface area contributed by atoms with Crippen molar-refractivity contribution in [1.29, 1.82) is 0 Å². The third-order valence-corrected chi connectivity index (χ3v) is 1.57. The van der Waals surface area contributed by atoms with Gasteiger partial charge in [-0.1, -0.05) is 15.9 Å². The second-order valence-electron chi connectivity index (χ2n) is 1.45. The van der Waals surface area contributed by atoms with Crippen LogP contribution in [0.4, 0.5) is 0 Å². The Morgan fingerprint density at radius 1 is 1.57 bits per heavy atom. The summed E-state index contributed by atoms with van der Waals surface area (Å²) in [5.74, 6) is 0. The molecule has 0 spiro atoms. The molecule has 0 aromatic rings. The lowest BCUT2D eigenvalue weighted by molar-refractivity contribution is 0.355. The van der Waals surface area contributed by atoms with Crippen LogP contribution in [0.2, 0.25) is 13.1 Å². The van der Waals surface area contributed by atoms with E-state index in [1.54, 1.807) is 0 Å². The van der Waals surface area contributed by atoms with Crippen LogP contribution in [0.5, 0.6) is 0 Å². The van der Waals surface area contributed by atoms with Gasteiger partial charge < -0.3 is 4.43 Å². The van der Waals surface area contributed by atoms with Crippen LogP contribution in [0.3, 0.4) is 0 Å². The predicted octanol–water partition coefficient (Wildman–Crippen LogP) is 1.65. The van der Waals surface area contributed by atoms with Gasteiger partial charge in [-0.05, 0) is 13.1 Å². The molecule has 0 saturated carbocycles. The summed E-state index contributed by atoms with van der Waals surface area (Å²) in [7, 11) is -0.427. The SMILES string of the molecule is C[Si](C)OCCBr. The van der Waals surface area contributed by atoms with Gasteiger partial charge in [0.15, 0.2) is 0 Å². The van der Waals surface area contributed by atoms with Crippen molar-refractivity contribution >= 4 is 25.0 Å². The maximum Gasteiger partial charge on any atom is 0.204 e. The first kappa shape index (κ1) is 7.66. The monoisotopic (exact) mass is 181 g/mol. The van der Waals surface area contributed by atoms with Gasteiger partial charge in [0.1, 0.15) is 0 Å². The van der Waals surface area contributed by atoms with Crippen molar-refractivity contribution in [3.8, 4) is 0 Å². The van der Waals surface area contributed by atoms with Crippen LogP contribution in [0.1, 0.15) is 0 Å². The van der Waals surface area contributed by atoms with E-state index in [4.69, 9.17) is 4.43 Å². The van der Waals surface area contributed by atoms with Crippen LogP contribution in [-0.2, 0) is 4.43 Å². The molecular formula is C4H10BrOSi. The molecule has 0 fully saturated rings. The Kier molecular flexibility index (Phi) is 5.26. The van der Waals surface area contributed by atoms with E-state index in [-0.39, 0.29) is 0 Å². The van der Waals surface area contributed by atoms with Crippen LogP contribution < -0.4 is 0 Å². The van der Waals surface area contributed by atoms with Crippen molar-refractivity contribution in [3.63, 3.8) is 0 Å². The van der Waals surface area contributed by atoms with Crippen LogP contribution in [0.15, 0.2) is 0 Å². The van der Waals surface area contributed by atoms with E-state index in [1.165, 1.54) is 0 Å². The Hall–Kier alpha value is 0.657. The van der Waals surface area contributed by atoms with E-state index in [0.717, 1.165) is 11.9 Å². The summed E-state index contributed by atoms with van der Waals surface area (Å²) in [6, 6.07) is 0. The molecule has 0 bridgehead atoms. The fourth-order valence-corrected chi connectivity index (χ4v) is 1.21. The van der Waals surface area contributed by atoms with Gasteiger partial charge in [0, 0.05) is 11.9 Å². The second kappa shape index (κ2) is 4.81. The molecule has 3 heteroatoms. The fourth-order valence-electron chi connectivity index (χ4n) is 0.243. The number of hydrogen-bond acceptors (Lipinski definition) is 1. The third-order valence-electron chi connectivity index (χ3n) is 0.468. The Balaban J connectivity index is 2.68. The molecule has 0 atom stereocenters. The van der Waals surface area contributed by atoms with Crippen molar-refractivity contribution in [3.05, 3.63) is 0 Å². The molecule has 1 nitrogen and oxygen atoms in total. The van der Waals surface area contributed by atoms with Crippen molar-refractivity contribution < 1.29 is 4.43 Å². The first-order valence-electron chi connectivity index (χ1n) is 2.26.